The smallest absolute Gasteiger partial charge is 0.116 e. The summed E-state index contributed by atoms with van der Waals surface area (Å²) < 4.78 is 0. The molecule has 2 aromatic heterocycles. The predicted molar refractivity (Wildman–Crippen MR) is 125 cm³/mol. The summed E-state index contributed by atoms with van der Waals surface area (Å²) in [6.45, 7) is 5.89. The molecule has 5 heteroatoms. The first kappa shape index (κ1) is 20.5. The zero-order valence-corrected chi connectivity index (χ0v) is 18.0. The Kier molecular flexibility index (Phi) is 7.55. The van der Waals surface area contributed by atoms with Gasteiger partial charge in [-0.05, 0) is 41.8 Å². The molecule has 0 N–H and O–H groups in total. The standard InChI is InChI=1S/C23H20N2S3/c1-3-5-9-17(4-2)16-28-23-19(15-24)18(21-11-8-13-26-21)14-20(25-23)22-10-6-7-12-27-22/h3-5,7-14H,2,6,16H2,1H3/b5-3-,17-9+. The van der Waals surface area contributed by atoms with Crippen LogP contribution in [0.3, 0.4) is 0 Å². The van der Waals surface area contributed by atoms with Crippen LogP contribution in [-0.2, 0) is 0 Å². The van der Waals surface area contributed by atoms with Gasteiger partial charge in [0, 0.05) is 21.1 Å². The number of nitriles is 1. The average molecular weight is 421 g/mol. The molecule has 2 nitrogen and oxygen atoms in total. The van der Waals surface area contributed by atoms with Crippen LogP contribution in [0.5, 0.6) is 0 Å². The molecule has 0 atom stereocenters. The normalized spacial score (nSPS) is 14.1. The van der Waals surface area contributed by atoms with Gasteiger partial charge < -0.3 is 0 Å². The topological polar surface area (TPSA) is 36.7 Å². The largest absolute Gasteiger partial charge is 0.239 e. The van der Waals surface area contributed by atoms with Gasteiger partial charge in [-0.3, -0.25) is 0 Å². The molecule has 28 heavy (non-hydrogen) atoms. The lowest BCUT2D eigenvalue weighted by molar-refractivity contribution is 1.09. The van der Waals surface area contributed by atoms with Gasteiger partial charge in [-0.25, -0.2) is 4.98 Å². The Morgan fingerprint density at radius 2 is 2.36 bits per heavy atom. The fourth-order valence-electron chi connectivity index (χ4n) is 2.60. The highest BCUT2D eigenvalue weighted by atomic mass is 32.2. The molecule has 0 bridgehead atoms. The van der Waals surface area contributed by atoms with Gasteiger partial charge in [0.25, 0.3) is 0 Å². The summed E-state index contributed by atoms with van der Waals surface area (Å²) in [6, 6.07) is 8.52. The van der Waals surface area contributed by atoms with Crippen molar-refractivity contribution in [3.8, 4) is 16.5 Å². The van der Waals surface area contributed by atoms with E-state index in [1.807, 2.05) is 42.7 Å². The van der Waals surface area contributed by atoms with Gasteiger partial charge in [-0.15, -0.1) is 23.1 Å². The van der Waals surface area contributed by atoms with Crippen LogP contribution in [0.2, 0.25) is 0 Å². The Morgan fingerprint density at radius 3 is 3.00 bits per heavy atom. The zero-order chi connectivity index (χ0) is 19.8. The number of thiophene rings is 1. The maximum absolute atomic E-state index is 9.89. The first-order valence-corrected chi connectivity index (χ1v) is 11.6. The molecule has 0 spiro atoms. The Balaban J connectivity index is 2.04. The Bertz CT molecular complexity index is 1000. The van der Waals surface area contributed by atoms with E-state index in [9.17, 15) is 5.26 Å². The highest BCUT2D eigenvalue weighted by Gasteiger charge is 2.18. The maximum Gasteiger partial charge on any atom is 0.116 e. The van der Waals surface area contributed by atoms with Crippen molar-refractivity contribution < 1.29 is 0 Å². The van der Waals surface area contributed by atoms with Gasteiger partial charge in [0.1, 0.15) is 11.1 Å². The molecule has 0 unspecified atom stereocenters. The summed E-state index contributed by atoms with van der Waals surface area (Å²) >= 11 is 4.91. The maximum atomic E-state index is 9.89. The van der Waals surface area contributed by atoms with Gasteiger partial charge >= 0.3 is 0 Å². The van der Waals surface area contributed by atoms with Gasteiger partial charge in [-0.2, -0.15) is 5.26 Å². The lowest BCUT2D eigenvalue weighted by atomic mass is 10.1. The van der Waals surface area contributed by atoms with Crippen molar-refractivity contribution in [1.29, 1.82) is 5.26 Å². The first-order chi connectivity index (χ1) is 13.8. The van der Waals surface area contributed by atoms with Crippen LogP contribution < -0.4 is 0 Å². The number of thioether (sulfide) groups is 2. The zero-order valence-electron chi connectivity index (χ0n) is 15.6. The Labute approximate surface area is 179 Å². The number of allylic oxidation sites excluding steroid dienone is 6. The molecule has 0 saturated carbocycles. The van der Waals surface area contributed by atoms with Gasteiger partial charge in [0.2, 0.25) is 0 Å². The third-order valence-corrected chi connectivity index (χ3v) is 6.92. The van der Waals surface area contributed by atoms with Crippen LogP contribution in [-0.4, -0.2) is 10.7 Å². The van der Waals surface area contributed by atoms with E-state index in [1.54, 1.807) is 34.9 Å². The van der Waals surface area contributed by atoms with E-state index in [0.717, 1.165) is 43.8 Å². The molecule has 3 rings (SSSR count). The third kappa shape index (κ3) is 4.96. The van der Waals surface area contributed by atoms with E-state index in [-0.39, 0.29) is 0 Å². The lowest BCUT2D eigenvalue weighted by Gasteiger charge is -2.13. The van der Waals surface area contributed by atoms with Crippen molar-refractivity contribution in [3.05, 3.63) is 88.9 Å². The predicted octanol–water partition coefficient (Wildman–Crippen LogP) is 7.45. The van der Waals surface area contributed by atoms with Crippen molar-refractivity contribution in [3.63, 3.8) is 0 Å². The molecule has 0 saturated heterocycles. The molecule has 0 aromatic carbocycles. The minimum Gasteiger partial charge on any atom is -0.239 e. The van der Waals surface area contributed by atoms with Crippen LogP contribution in [0.25, 0.3) is 15.3 Å². The van der Waals surface area contributed by atoms with E-state index in [1.165, 1.54) is 0 Å². The van der Waals surface area contributed by atoms with Crippen LogP contribution in [0.4, 0.5) is 0 Å². The molecule has 1 aliphatic heterocycles. The second-order valence-electron chi connectivity index (χ2n) is 5.88. The van der Waals surface area contributed by atoms with Gasteiger partial charge in [0.15, 0.2) is 0 Å². The summed E-state index contributed by atoms with van der Waals surface area (Å²) in [5, 5.41) is 14.8. The minimum absolute atomic E-state index is 0.641. The fourth-order valence-corrected chi connectivity index (χ4v) is 5.10. The lowest BCUT2D eigenvalue weighted by Crippen LogP contribution is -1.98. The second-order valence-corrected chi connectivity index (χ2v) is 8.74. The van der Waals surface area contributed by atoms with Crippen molar-refractivity contribution in [2.75, 3.05) is 5.75 Å². The molecule has 2 aromatic rings. The van der Waals surface area contributed by atoms with Crippen LogP contribution in [0, 0.1) is 11.3 Å². The fraction of sp³-hybridized carbons (Fsp3) is 0.130. The molecule has 0 radical (unpaired) electrons. The van der Waals surface area contributed by atoms with E-state index >= 15 is 0 Å². The number of aromatic nitrogens is 1. The second kappa shape index (κ2) is 10.3. The Morgan fingerprint density at radius 1 is 1.46 bits per heavy atom. The number of hydrogen-bond acceptors (Lipinski definition) is 5. The average Bonchev–Trinajstić information content (AvgIpc) is 3.28. The molecule has 1 aliphatic rings. The summed E-state index contributed by atoms with van der Waals surface area (Å²) in [6.07, 6.45) is 13.1. The molecule has 0 aliphatic carbocycles. The molecule has 3 heterocycles. The summed E-state index contributed by atoms with van der Waals surface area (Å²) in [7, 11) is 0. The first-order valence-electron chi connectivity index (χ1n) is 8.85. The summed E-state index contributed by atoms with van der Waals surface area (Å²) in [5.74, 6) is 0.717. The number of hydrogen-bond donors (Lipinski definition) is 0. The van der Waals surface area contributed by atoms with Crippen LogP contribution >= 0.6 is 34.9 Å². The third-order valence-electron chi connectivity index (χ3n) is 4.01. The molecular formula is C23H20N2S3. The van der Waals surface area contributed by atoms with Crippen LogP contribution in [0.1, 0.15) is 24.6 Å². The Hall–Kier alpha value is -2.26. The molecule has 0 fully saturated rings. The van der Waals surface area contributed by atoms with E-state index in [4.69, 9.17) is 4.98 Å². The minimum atomic E-state index is 0.641. The van der Waals surface area contributed by atoms with Gasteiger partial charge in [0.05, 0.1) is 11.3 Å². The SMILES string of the molecule is C=C/C(=C\C=C/C)CSc1nc(C2=CCC=CS2)cc(-c2cccs2)c1C#N. The summed E-state index contributed by atoms with van der Waals surface area (Å²) in [4.78, 5) is 7.10. The molecular weight excluding hydrogens is 400 g/mol. The number of pyridine rings is 1. The number of nitrogens with zero attached hydrogens (tertiary/aromatic N) is 2. The number of rotatable bonds is 7. The van der Waals surface area contributed by atoms with Crippen molar-refractivity contribution in [1.82, 2.24) is 4.98 Å². The quantitative estimate of drug-likeness (QED) is 0.344. The highest BCUT2D eigenvalue weighted by molar-refractivity contribution is 8.11. The van der Waals surface area contributed by atoms with E-state index < -0.39 is 0 Å². The molecule has 0 amide bonds. The van der Waals surface area contributed by atoms with E-state index in [0.29, 0.717) is 5.56 Å². The summed E-state index contributed by atoms with van der Waals surface area (Å²) in [5.41, 5.74) is 3.63. The van der Waals surface area contributed by atoms with Gasteiger partial charge in [-0.1, -0.05) is 60.9 Å². The van der Waals surface area contributed by atoms with E-state index in [2.05, 4.69) is 42.3 Å². The van der Waals surface area contributed by atoms with Crippen molar-refractivity contribution in [2.24, 2.45) is 0 Å². The highest BCUT2D eigenvalue weighted by Crippen LogP contribution is 2.38. The van der Waals surface area contributed by atoms with Crippen LogP contribution in [0.15, 0.2) is 82.6 Å². The molecule has 140 valence electrons. The van der Waals surface area contributed by atoms with Crippen molar-refractivity contribution in [2.45, 2.75) is 18.4 Å². The monoisotopic (exact) mass is 420 g/mol. The van der Waals surface area contributed by atoms with Crippen molar-refractivity contribution >= 4 is 39.8 Å².